The van der Waals surface area contributed by atoms with E-state index < -0.39 is 19.0 Å². The molecular formula is C20H26NO3P. The summed E-state index contributed by atoms with van der Waals surface area (Å²) in [5, 5.41) is 3.32. The molecule has 0 bridgehead atoms. The third-order valence-corrected chi connectivity index (χ3v) is 6.16. The van der Waals surface area contributed by atoms with Crippen LogP contribution < -0.4 is 5.32 Å². The van der Waals surface area contributed by atoms with Gasteiger partial charge in [-0.25, -0.2) is 4.79 Å². The monoisotopic (exact) mass is 359 g/mol. The molecule has 0 aromatic heterocycles. The average molecular weight is 359 g/mol. The molecule has 2 aromatic carbocycles. The molecule has 25 heavy (non-hydrogen) atoms. The molecule has 1 atom stereocenters. The molecule has 2 rings (SSSR count). The molecule has 0 fully saturated rings. The topological polar surface area (TPSA) is 55.4 Å². The number of rotatable bonds is 6. The van der Waals surface area contributed by atoms with Crippen molar-refractivity contribution in [2.24, 2.45) is 0 Å². The Morgan fingerprint density at radius 2 is 1.72 bits per heavy atom. The van der Waals surface area contributed by atoms with E-state index in [-0.39, 0.29) is 0 Å². The number of para-hydroxylation sites is 1. The molecule has 4 nitrogen and oxygen atoms in total. The van der Waals surface area contributed by atoms with Crippen molar-refractivity contribution in [3.05, 3.63) is 59.2 Å². The van der Waals surface area contributed by atoms with Gasteiger partial charge in [0, 0.05) is 5.69 Å². The lowest BCUT2D eigenvalue weighted by Crippen LogP contribution is -2.18. The minimum atomic E-state index is -2.51. The number of esters is 1. The van der Waals surface area contributed by atoms with Gasteiger partial charge in [-0.15, -0.1) is 0 Å². The third kappa shape index (κ3) is 4.73. The zero-order valence-electron chi connectivity index (χ0n) is 15.5. The quantitative estimate of drug-likeness (QED) is 0.542. The van der Waals surface area contributed by atoms with Gasteiger partial charge in [0.2, 0.25) is 0 Å². The lowest BCUT2D eigenvalue weighted by atomic mass is 10.1. The first kappa shape index (κ1) is 19.3. The van der Waals surface area contributed by atoms with E-state index in [1.165, 1.54) is 5.56 Å². The van der Waals surface area contributed by atoms with Gasteiger partial charge in [-0.1, -0.05) is 31.2 Å². The number of hydrogen-bond donors (Lipinski definition) is 1. The largest absolute Gasteiger partial charge is 0.451 e. The predicted octanol–water partition coefficient (Wildman–Crippen LogP) is 5.56. The van der Waals surface area contributed by atoms with Crippen molar-refractivity contribution in [2.45, 2.75) is 33.0 Å². The first-order chi connectivity index (χ1) is 11.7. The molecular weight excluding hydrogens is 333 g/mol. The molecule has 0 saturated carbocycles. The van der Waals surface area contributed by atoms with E-state index >= 15 is 0 Å². The Morgan fingerprint density at radius 3 is 2.36 bits per heavy atom. The smallest absolute Gasteiger partial charge is 0.340 e. The molecule has 0 saturated heterocycles. The highest BCUT2D eigenvalue weighted by Crippen LogP contribution is 2.45. The fourth-order valence-electron chi connectivity index (χ4n) is 2.64. The van der Waals surface area contributed by atoms with Crippen molar-refractivity contribution < 1.29 is 14.1 Å². The van der Waals surface area contributed by atoms with Gasteiger partial charge < -0.3 is 14.6 Å². The number of carbonyl (C=O) groups excluding carboxylic acids is 1. The lowest BCUT2D eigenvalue weighted by molar-refractivity contribution is 0.0438. The van der Waals surface area contributed by atoms with Gasteiger partial charge in [-0.05, 0) is 62.9 Å². The van der Waals surface area contributed by atoms with Crippen molar-refractivity contribution in [3.63, 3.8) is 0 Å². The van der Waals surface area contributed by atoms with E-state index in [0.29, 0.717) is 17.7 Å². The van der Waals surface area contributed by atoms with Gasteiger partial charge in [-0.2, -0.15) is 0 Å². The number of anilines is 2. The second-order valence-electron chi connectivity index (χ2n) is 6.62. The van der Waals surface area contributed by atoms with Crippen molar-refractivity contribution in [2.75, 3.05) is 18.6 Å². The highest BCUT2D eigenvalue weighted by atomic mass is 31.2. The minimum absolute atomic E-state index is 0.440. The summed E-state index contributed by atoms with van der Waals surface area (Å²) in [5.74, 6) is -1.02. The Bertz CT molecular complexity index is 810. The first-order valence-corrected chi connectivity index (χ1v) is 11.1. The van der Waals surface area contributed by atoms with E-state index in [9.17, 15) is 9.36 Å². The Morgan fingerprint density at radius 1 is 1.08 bits per heavy atom. The molecule has 0 radical (unpaired) electrons. The van der Waals surface area contributed by atoms with Gasteiger partial charge >= 0.3 is 5.97 Å². The minimum Gasteiger partial charge on any atom is -0.451 e. The van der Waals surface area contributed by atoms with Gasteiger partial charge in [0.15, 0.2) is 5.85 Å². The molecule has 0 heterocycles. The van der Waals surface area contributed by atoms with E-state index in [1.54, 1.807) is 25.5 Å². The molecule has 5 heteroatoms. The SMILES string of the molecule is CCC(OC(=O)c1ccccc1Nc1cccc(C)c1C)P(C)(C)=O. The average Bonchev–Trinajstić information content (AvgIpc) is 2.56. The van der Waals surface area contributed by atoms with Gasteiger partial charge in [-0.3, -0.25) is 0 Å². The first-order valence-electron chi connectivity index (χ1n) is 8.42. The summed E-state index contributed by atoms with van der Waals surface area (Å²) in [6.07, 6.45) is 0.530. The Balaban J connectivity index is 2.30. The number of ether oxygens (including phenoxy) is 1. The summed E-state index contributed by atoms with van der Waals surface area (Å²) in [5.41, 5.74) is 4.37. The molecule has 134 valence electrons. The maximum atomic E-state index is 12.6. The fraction of sp³-hybridized carbons (Fsp3) is 0.350. The Labute approximate surface area is 150 Å². The van der Waals surface area contributed by atoms with E-state index in [1.807, 2.05) is 51.1 Å². The van der Waals surface area contributed by atoms with Gasteiger partial charge in [0.05, 0.1) is 11.3 Å². The van der Waals surface area contributed by atoms with Crippen LogP contribution in [-0.4, -0.2) is 25.1 Å². The predicted molar refractivity (Wildman–Crippen MR) is 105 cm³/mol. The number of benzene rings is 2. The molecule has 1 N–H and O–H groups in total. The van der Waals surface area contributed by atoms with Crippen molar-refractivity contribution in [3.8, 4) is 0 Å². The zero-order chi connectivity index (χ0) is 18.6. The summed E-state index contributed by atoms with van der Waals surface area (Å²) in [7, 11) is -2.51. The van der Waals surface area contributed by atoms with Crippen LogP contribution in [0.1, 0.15) is 34.8 Å². The molecule has 0 aliphatic heterocycles. The highest BCUT2D eigenvalue weighted by Gasteiger charge is 2.26. The summed E-state index contributed by atoms with van der Waals surface area (Å²) in [6.45, 7) is 9.25. The zero-order valence-corrected chi connectivity index (χ0v) is 16.4. The van der Waals surface area contributed by atoms with Crippen LogP contribution in [0.5, 0.6) is 0 Å². The van der Waals surface area contributed by atoms with E-state index in [2.05, 4.69) is 5.32 Å². The molecule has 1 unspecified atom stereocenters. The molecule has 0 aliphatic rings. The standard InChI is InChI=1S/C20H26NO3P/c1-6-19(25(4,5)23)24-20(22)16-11-7-8-12-18(16)21-17-13-9-10-14(2)15(17)3/h7-13,19,21H,6H2,1-5H3. The summed E-state index contributed by atoms with van der Waals surface area (Å²) >= 11 is 0. The van der Waals surface area contributed by atoms with Crippen LogP contribution in [-0.2, 0) is 9.30 Å². The van der Waals surface area contributed by atoms with E-state index in [4.69, 9.17) is 4.74 Å². The van der Waals surface area contributed by atoms with Gasteiger partial charge in [0.1, 0.15) is 7.14 Å². The van der Waals surface area contributed by atoms with Crippen molar-refractivity contribution in [1.29, 1.82) is 0 Å². The normalized spacial score (nSPS) is 12.5. The van der Waals surface area contributed by atoms with Gasteiger partial charge in [0.25, 0.3) is 0 Å². The van der Waals surface area contributed by atoms with Crippen LogP contribution in [0.2, 0.25) is 0 Å². The third-order valence-electron chi connectivity index (χ3n) is 4.31. The number of nitrogens with one attached hydrogen (secondary N) is 1. The summed E-state index contributed by atoms with van der Waals surface area (Å²) in [4.78, 5) is 12.6. The maximum absolute atomic E-state index is 12.6. The van der Waals surface area contributed by atoms with Crippen LogP contribution in [0.3, 0.4) is 0 Å². The van der Waals surface area contributed by atoms with Crippen LogP contribution in [0.4, 0.5) is 11.4 Å². The van der Waals surface area contributed by atoms with E-state index in [0.717, 1.165) is 11.3 Å². The van der Waals surface area contributed by atoms with Crippen LogP contribution >= 0.6 is 7.14 Å². The molecule has 0 aliphatic carbocycles. The second kappa shape index (κ2) is 7.88. The molecule has 0 amide bonds. The van der Waals surface area contributed by atoms with Crippen LogP contribution in [0.25, 0.3) is 0 Å². The van der Waals surface area contributed by atoms with Crippen molar-refractivity contribution in [1.82, 2.24) is 0 Å². The summed E-state index contributed by atoms with van der Waals surface area (Å²) < 4.78 is 17.8. The summed E-state index contributed by atoms with van der Waals surface area (Å²) in [6, 6.07) is 13.2. The second-order valence-corrected chi connectivity index (χ2v) is 10.1. The van der Waals surface area contributed by atoms with Crippen LogP contribution in [0, 0.1) is 13.8 Å². The number of carbonyl (C=O) groups is 1. The lowest BCUT2D eigenvalue weighted by Gasteiger charge is -2.21. The maximum Gasteiger partial charge on any atom is 0.340 e. The van der Waals surface area contributed by atoms with Crippen LogP contribution in [0.15, 0.2) is 42.5 Å². The highest BCUT2D eigenvalue weighted by molar-refractivity contribution is 7.62. The number of aryl methyl sites for hydroxylation is 1. The number of hydrogen-bond acceptors (Lipinski definition) is 4. The Kier molecular flexibility index (Phi) is 6.07. The Hall–Kier alpha value is -2.06. The molecule has 2 aromatic rings. The molecule has 0 spiro atoms. The fourth-order valence-corrected chi connectivity index (χ4v) is 3.87. The van der Waals surface area contributed by atoms with Crippen molar-refractivity contribution >= 4 is 24.5 Å².